The van der Waals surface area contributed by atoms with Crippen LogP contribution in [-0.4, -0.2) is 22.0 Å². The molecule has 0 saturated carbocycles. The number of nitrogens with zero attached hydrogens (tertiary/aromatic N) is 1. The fourth-order valence-electron chi connectivity index (χ4n) is 2.11. The van der Waals surface area contributed by atoms with Crippen LogP contribution in [0, 0.1) is 0 Å². The van der Waals surface area contributed by atoms with E-state index in [1.54, 1.807) is 18.3 Å². The van der Waals surface area contributed by atoms with Crippen molar-refractivity contribution in [3.63, 3.8) is 0 Å². The summed E-state index contributed by atoms with van der Waals surface area (Å²) in [5, 5.41) is 3.43. The summed E-state index contributed by atoms with van der Waals surface area (Å²) in [4.78, 5) is 37.3. The van der Waals surface area contributed by atoms with Crippen LogP contribution in [0.3, 0.4) is 0 Å². The first-order valence-electron chi connectivity index (χ1n) is 6.69. The first kappa shape index (κ1) is 13.9. The summed E-state index contributed by atoms with van der Waals surface area (Å²) in [6, 6.07) is 6.22. The average molecular weight is 299 g/mol. The molecule has 3 heterocycles. The molecule has 3 aromatic rings. The van der Waals surface area contributed by atoms with E-state index >= 15 is 0 Å². The summed E-state index contributed by atoms with van der Waals surface area (Å²) in [6.45, 7) is 0.606. The molecule has 0 saturated heterocycles. The number of nitrogens with one attached hydrogen (secondary N) is 2. The van der Waals surface area contributed by atoms with E-state index in [9.17, 15) is 14.4 Å². The van der Waals surface area contributed by atoms with Gasteiger partial charge in [0.25, 0.3) is 11.5 Å². The van der Waals surface area contributed by atoms with Crippen molar-refractivity contribution in [2.45, 2.75) is 6.54 Å². The van der Waals surface area contributed by atoms with E-state index in [0.717, 1.165) is 5.39 Å². The molecular weight excluding hydrogens is 286 g/mol. The number of aromatic amines is 1. The lowest BCUT2D eigenvalue weighted by Crippen LogP contribution is -2.30. The molecule has 0 aliphatic carbocycles. The van der Waals surface area contributed by atoms with Gasteiger partial charge in [0.1, 0.15) is 0 Å². The zero-order chi connectivity index (χ0) is 15.5. The zero-order valence-corrected chi connectivity index (χ0v) is 11.5. The van der Waals surface area contributed by atoms with Crippen molar-refractivity contribution < 1.29 is 9.21 Å². The quantitative estimate of drug-likeness (QED) is 0.741. The molecular formula is C15H13N3O4. The molecule has 0 radical (unpaired) electrons. The molecule has 0 spiro atoms. The lowest BCUT2D eigenvalue weighted by molar-refractivity contribution is 0.0952. The predicted octanol–water partition coefficient (Wildman–Crippen LogP) is 0.713. The van der Waals surface area contributed by atoms with E-state index in [2.05, 4.69) is 10.3 Å². The number of fused-ring (bicyclic) bond motifs is 1. The minimum Gasteiger partial charge on any atom is -0.459 e. The Bertz CT molecular complexity index is 915. The van der Waals surface area contributed by atoms with Gasteiger partial charge in [-0.25, -0.2) is 0 Å². The van der Waals surface area contributed by atoms with Crippen LogP contribution in [-0.2, 0) is 6.54 Å². The van der Waals surface area contributed by atoms with E-state index in [-0.39, 0.29) is 23.6 Å². The Morgan fingerprint density at radius 2 is 2.09 bits per heavy atom. The van der Waals surface area contributed by atoms with Crippen LogP contribution in [0.1, 0.15) is 10.4 Å². The molecule has 112 valence electrons. The van der Waals surface area contributed by atoms with Gasteiger partial charge in [0.15, 0.2) is 5.58 Å². The van der Waals surface area contributed by atoms with Gasteiger partial charge in [0, 0.05) is 36.9 Å². The van der Waals surface area contributed by atoms with Crippen LogP contribution >= 0.6 is 0 Å². The Hall–Kier alpha value is -3.09. The van der Waals surface area contributed by atoms with Gasteiger partial charge >= 0.3 is 0 Å². The van der Waals surface area contributed by atoms with Gasteiger partial charge in [-0.2, -0.15) is 0 Å². The van der Waals surface area contributed by atoms with Gasteiger partial charge in [-0.15, -0.1) is 0 Å². The Morgan fingerprint density at radius 3 is 2.86 bits per heavy atom. The Kier molecular flexibility index (Phi) is 3.61. The molecule has 7 heteroatoms. The number of H-pyrrole nitrogens is 1. The highest BCUT2D eigenvalue weighted by Gasteiger charge is 2.07. The summed E-state index contributed by atoms with van der Waals surface area (Å²) in [6.07, 6.45) is 4.47. The van der Waals surface area contributed by atoms with Gasteiger partial charge in [0.2, 0.25) is 5.56 Å². The predicted molar refractivity (Wildman–Crippen MR) is 79.9 cm³/mol. The number of furan rings is 1. The van der Waals surface area contributed by atoms with Gasteiger partial charge in [0.05, 0.1) is 11.8 Å². The van der Waals surface area contributed by atoms with Crippen molar-refractivity contribution in [1.29, 1.82) is 0 Å². The van der Waals surface area contributed by atoms with Crippen molar-refractivity contribution in [2.24, 2.45) is 0 Å². The first-order chi connectivity index (χ1) is 10.6. The van der Waals surface area contributed by atoms with Crippen LogP contribution in [0.4, 0.5) is 0 Å². The maximum atomic E-state index is 12.1. The number of hydrogen-bond acceptors (Lipinski definition) is 4. The molecule has 2 N–H and O–H groups in total. The number of carbonyl (C=O) groups excluding carboxylic acids is 1. The average Bonchev–Trinajstić information content (AvgIpc) is 2.99. The second kappa shape index (κ2) is 5.72. The lowest BCUT2D eigenvalue weighted by atomic mass is 10.2. The molecule has 7 nitrogen and oxygen atoms in total. The maximum Gasteiger partial charge on any atom is 0.294 e. The Morgan fingerprint density at radius 1 is 1.23 bits per heavy atom. The molecule has 1 amide bonds. The fraction of sp³-hybridized carbons (Fsp3) is 0.133. The van der Waals surface area contributed by atoms with Gasteiger partial charge in [-0.1, -0.05) is 0 Å². The van der Waals surface area contributed by atoms with Crippen molar-refractivity contribution >= 4 is 16.9 Å². The molecule has 0 unspecified atom stereocenters. The standard InChI is InChI=1S/C15H13N3O4/c19-12-2-1-11(9-17-12)14(20)16-5-7-18-6-3-10-4-8-22-13(10)15(18)21/h1-4,6,8-9H,5,7H2,(H,16,20)(H,17,19). The number of amides is 1. The van der Waals surface area contributed by atoms with Gasteiger partial charge < -0.3 is 19.3 Å². The lowest BCUT2D eigenvalue weighted by Gasteiger charge is -2.07. The minimum absolute atomic E-state index is 0.235. The third-order valence-corrected chi connectivity index (χ3v) is 3.27. The molecule has 22 heavy (non-hydrogen) atoms. The molecule has 0 fully saturated rings. The van der Waals surface area contributed by atoms with Crippen molar-refractivity contribution in [3.8, 4) is 0 Å². The third-order valence-electron chi connectivity index (χ3n) is 3.27. The molecule has 0 aliphatic heterocycles. The number of carbonyl (C=O) groups is 1. The largest absolute Gasteiger partial charge is 0.459 e. The van der Waals surface area contributed by atoms with Crippen LogP contribution < -0.4 is 16.4 Å². The summed E-state index contributed by atoms with van der Waals surface area (Å²) in [5.74, 6) is -0.316. The Balaban J connectivity index is 1.65. The number of hydrogen-bond donors (Lipinski definition) is 2. The number of rotatable bonds is 4. The van der Waals surface area contributed by atoms with Crippen LogP contribution in [0.25, 0.3) is 11.0 Å². The van der Waals surface area contributed by atoms with E-state index in [1.165, 1.54) is 29.2 Å². The zero-order valence-electron chi connectivity index (χ0n) is 11.5. The normalized spacial score (nSPS) is 10.7. The Labute approximate surface area is 124 Å². The van der Waals surface area contributed by atoms with Crippen LogP contribution in [0.5, 0.6) is 0 Å². The second-order valence-electron chi connectivity index (χ2n) is 4.72. The minimum atomic E-state index is -0.316. The number of aromatic nitrogens is 2. The molecule has 3 aromatic heterocycles. The third kappa shape index (κ3) is 2.69. The van der Waals surface area contributed by atoms with Crippen LogP contribution in [0.2, 0.25) is 0 Å². The first-order valence-corrected chi connectivity index (χ1v) is 6.69. The summed E-state index contributed by atoms with van der Waals surface area (Å²) in [5.41, 5.74) is 0.151. The summed E-state index contributed by atoms with van der Waals surface area (Å²) >= 11 is 0. The molecule has 0 atom stereocenters. The highest BCUT2D eigenvalue weighted by molar-refractivity contribution is 5.93. The summed E-state index contributed by atoms with van der Waals surface area (Å²) < 4.78 is 6.61. The van der Waals surface area contributed by atoms with E-state index in [0.29, 0.717) is 17.7 Å². The van der Waals surface area contributed by atoms with Gasteiger partial charge in [-0.3, -0.25) is 14.4 Å². The molecule has 0 aliphatic rings. The van der Waals surface area contributed by atoms with E-state index < -0.39 is 0 Å². The molecule has 3 rings (SSSR count). The van der Waals surface area contributed by atoms with Crippen molar-refractivity contribution in [1.82, 2.24) is 14.9 Å². The van der Waals surface area contributed by atoms with E-state index in [4.69, 9.17) is 4.42 Å². The molecule has 0 bridgehead atoms. The van der Waals surface area contributed by atoms with Crippen molar-refractivity contribution in [2.75, 3.05) is 6.54 Å². The van der Waals surface area contributed by atoms with Crippen molar-refractivity contribution in [3.05, 3.63) is 69.2 Å². The summed E-state index contributed by atoms with van der Waals surface area (Å²) in [7, 11) is 0. The topological polar surface area (TPSA) is 97.1 Å². The highest BCUT2D eigenvalue weighted by atomic mass is 16.3. The smallest absolute Gasteiger partial charge is 0.294 e. The highest BCUT2D eigenvalue weighted by Crippen LogP contribution is 2.09. The fourth-order valence-corrected chi connectivity index (χ4v) is 2.11. The number of pyridine rings is 2. The molecule has 0 aromatic carbocycles. The van der Waals surface area contributed by atoms with Gasteiger partial charge in [-0.05, 0) is 18.2 Å². The van der Waals surface area contributed by atoms with Crippen LogP contribution in [0.15, 0.2) is 56.9 Å². The van der Waals surface area contributed by atoms with E-state index in [1.807, 2.05) is 0 Å². The SMILES string of the molecule is O=C(NCCn1ccc2ccoc2c1=O)c1ccc(=O)[nH]c1. The monoisotopic (exact) mass is 299 g/mol. The maximum absolute atomic E-state index is 12.1. The second-order valence-corrected chi connectivity index (χ2v) is 4.72.